The van der Waals surface area contributed by atoms with Crippen LogP contribution >= 0.6 is 0 Å². The van der Waals surface area contributed by atoms with Gasteiger partial charge in [-0.3, -0.25) is 4.79 Å². The van der Waals surface area contributed by atoms with E-state index in [-0.39, 0.29) is 6.42 Å². The van der Waals surface area contributed by atoms with E-state index < -0.39 is 36.3 Å². The summed E-state index contributed by atoms with van der Waals surface area (Å²) in [4.78, 5) is 11.4. The van der Waals surface area contributed by atoms with Crippen molar-refractivity contribution in [1.82, 2.24) is 0 Å². The summed E-state index contributed by atoms with van der Waals surface area (Å²) in [5, 5.41) is 9.66. The fourth-order valence-corrected chi connectivity index (χ4v) is 2.40. The molecule has 0 bridgehead atoms. The third-order valence-corrected chi connectivity index (χ3v) is 3.35. The second kappa shape index (κ2) is 4.39. The second-order valence-electron chi connectivity index (χ2n) is 4.76. The fraction of sp³-hybridized carbons (Fsp3) is 0.462. The molecule has 18 heavy (non-hydrogen) atoms. The molecule has 1 aliphatic carbocycles. The summed E-state index contributed by atoms with van der Waals surface area (Å²) in [6, 6.07) is 8.53. The maximum atomic E-state index is 12.8. The zero-order valence-electron chi connectivity index (χ0n) is 9.57. The lowest BCUT2D eigenvalue weighted by Crippen LogP contribution is -2.50. The molecule has 0 radical (unpaired) electrons. The topological polar surface area (TPSA) is 37.3 Å². The van der Waals surface area contributed by atoms with Crippen LogP contribution in [0.1, 0.15) is 30.7 Å². The quantitative estimate of drug-likeness (QED) is 0.841. The summed E-state index contributed by atoms with van der Waals surface area (Å²) in [5.74, 6) is -1.12. The number of alkyl halides is 3. The van der Waals surface area contributed by atoms with E-state index in [9.17, 15) is 23.1 Å². The largest absolute Gasteiger partial charge is 0.417 e. The molecule has 0 heterocycles. The first-order valence-electron chi connectivity index (χ1n) is 5.67. The van der Waals surface area contributed by atoms with Gasteiger partial charge >= 0.3 is 6.18 Å². The highest BCUT2D eigenvalue weighted by Crippen LogP contribution is 2.45. The summed E-state index contributed by atoms with van der Waals surface area (Å²) in [5.41, 5.74) is -2.23. The Morgan fingerprint density at radius 2 is 1.83 bits per heavy atom. The van der Waals surface area contributed by atoms with E-state index in [0.717, 1.165) is 0 Å². The summed E-state index contributed by atoms with van der Waals surface area (Å²) in [6.07, 6.45) is -6.00. The van der Waals surface area contributed by atoms with Crippen molar-refractivity contribution in [1.29, 1.82) is 0 Å². The van der Waals surface area contributed by atoms with Crippen LogP contribution in [0.4, 0.5) is 13.2 Å². The standard InChI is InChI=1S/C13H13F3O2/c14-13(15,16)12(18)7-10(6-11(17)8-12)9-4-2-1-3-5-9/h1-5,10,18H,6-8H2/t10-,12+/m1/s1. The first-order valence-corrected chi connectivity index (χ1v) is 5.67. The number of benzene rings is 1. The van der Waals surface area contributed by atoms with Gasteiger partial charge in [0.1, 0.15) is 5.78 Å². The summed E-state index contributed by atoms with van der Waals surface area (Å²) >= 11 is 0. The zero-order valence-corrected chi connectivity index (χ0v) is 9.57. The van der Waals surface area contributed by atoms with Crippen molar-refractivity contribution >= 4 is 5.78 Å². The van der Waals surface area contributed by atoms with E-state index in [1.54, 1.807) is 30.3 Å². The van der Waals surface area contributed by atoms with Gasteiger partial charge in [0.2, 0.25) is 0 Å². The van der Waals surface area contributed by atoms with Crippen LogP contribution in [0, 0.1) is 0 Å². The van der Waals surface area contributed by atoms with Gasteiger partial charge in [-0.1, -0.05) is 30.3 Å². The molecule has 1 aromatic carbocycles. The number of carbonyl (C=O) groups is 1. The van der Waals surface area contributed by atoms with Crippen molar-refractivity contribution in [2.75, 3.05) is 0 Å². The Morgan fingerprint density at radius 1 is 1.22 bits per heavy atom. The third-order valence-electron chi connectivity index (χ3n) is 3.35. The predicted molar refractivity (Wildman–Crippen MR) is 59.0 cm³/mol. The molecule has 2 rings (SSSR count). The lowest BCUT2D eigenvalue weighted by molar-refractivity contribution is -0.267. The van der Waals surface area contributed by atoms with Crippen LogP contribution in [0.5, 0.6) is 0 Å². The number of hydrogen-bond acceptors (Lipinski definition) is 2. The highest BCUT2D eigenvalue weighted by molar-refractivity contribution is 5.81. The third kappa shape index (κ3) is 2.41. The number of halogens is 3. The Morgan fingerprint density at radius 3 is 2.39 bits per heavy atom. The van der Waals surface area contributed by atoms with Gasteiger partial charge in [-0.15, -0.1) is 0 Å². The van der Waals surface area contributed by atoms with Crippen LogP contribution in [-0.2, 0) is 4.79 Å². The van der Waals surface area contributed by atoms with Crippen LogP contribution in [0.25, 0.3) is 0 Å². The van der Waals surface area contributed by atoms with Crippen molar-refractivity contribution in [3.8, 4) is 0 Å². The molecule has 1 saturated carbocycles. The number of Topliss-reactive ketones (excluding diaryl/α,β-unsaturated/α-hetero) is 1. The van der Waals surface area contributed by atoms with Crippen LogP contribution in [-0.4, -0.2) is 22.7 Å². The van der Waals surface area contributed by atoms with Crippen LogP contribution in [0.3, 0.4) is 0 Å². The lowest BCUT2D eigenvalue weighted by atomic mass is 9.74. The van der Waals surface area contributed by atoms with E-state index >= 15 is 0 Å². The molecule has 1 fully saturated rings. The van der Waals surface area contributed by atoms with E-state index in [0.29, 0.717) is 5.56 Å². The first kappa shape index (κ1) is 13.1. The molecule has 0 amide bonds. The van der Waals surface area contributed by atoms with E-state index in [1.807, 2.05) is 0 Å². The fourth-order valence-electron chi connectivity index (χ4n) is 2.40. The van der Waals surface area contributed by atoms with Crippen molar-refractivity contribution in [3.63, 3.8) is 0 Å². The minimum Gasteiger partial charge on any atom is -0.380 e. The number of hydrogen-bond donors (Lipinski definition) is 1. The Labute approximate surface area is 102 Å². The van der Waals surface area contributed by atoms with E-state index in [4.69, 9.17) is 0 Å². The first-order chi connectivity index (χ1) is 8.32. The molecule has 0 unspecified atom stereocenters. The van der Waals surface area contributed by atoms with Gasteiger partial charge in [-0.25, -0.2) is 0 Å². The predicted octanol–water partition coefficient (Wildman–Crippen LogP) is 2.82. The van der Waals surface area contributed by atoms with Crippen molar-refractivity contribution in [2.45, 2.75) is 37.0 Å². The molecule has 2 nitrogen and oxygen atoms in total. The highest BCUT2D eigenvalue weighted by atomic mass is 19.4. The maximum Gasteiger partial charge on any atom is 0.417 e. The molecule has 0 aliphatic heterocycles. The van der Waals surface area contributed by atoms with Gasteiger partial charge in [-0.05, 0) is 17.9 Å². The van der Waals surface area contributed by atoms with Gasteiger partial charge in [0.05, 0.1) is 0 Å². The molecule has 0 aromatic heterocycles. The zero-order chi connectivity index (χ0) is 13.4. The normalized spacial score (nSPS) is 29.3. The molecular formula is C13H13F3O2. The molecule has 1 aromatic rings. The number of carbonyl (C=O) groups excluding carboxylic acids is 1. The lowest BCUT2D eigenvalue weighted by Gasteiger charge is -2.37. The number of rotatable bonds is 1. The van der Waals surface area contributed by atoms with E-state index in [1.165, 1.54) is 0 Å². The average Bonchev–Trinajstić information content (AvgIpc) is 2.27. The molecule has 0 saturated heterocycles. The van der Waals surface area contributed by atoms with Crippen molar-refractivity contribution < 1.29 is 23.1 Å². The van der Waals surface area contributed by atoms with Crippen LogP contribution in [0.2, 0.25) is 0 Å². The van der Waals surface area contributed by atoms with Crippen molar-refractivity contribution in [2.24, 2.45) is 0 Å². The molecular weight excluding hydrogens is 245 g/mol. The SMILES string of the molecule is O=C1C[C@@H](c2ccccc2)C[C@@](O)(C(F)(F)F)C1. The number of ketones is 1. The Bertz CT molecular complexity index is 441. The summed E-state index contributed by atoms with van der Waals surface area (Å²) in [6.45, 7) is 0. The molecule has 1 N–H and O–H groups in total. The van der Waals surface area contributed by atoms with Gasteiger partial charge in [0.15, 0.2) is 5.60 Å². The smallest absolute Gasteiger partial charge is 0.380 e. The number of aliphatic hydroxyl groups is 1. The molecule has 5 heteroatoms. The van der Waals surface area contributed by atoms with Gasteiger partial charge < -0.3 is 5.11 Å². The summed E-state index contributed by atoms with van der Waals surface area (Å²) < 4.78 is 38.4. The second-order valence-corrected chi connectivity index (χ2v) is 4.76. The van der Waals surface area contributed by atoms with Gasteiger partial charge in [-0.2, -0.15) is 13.2 Å². The average molecular weight is 258 g/mol. The highest BCUT2D eigenvalue weighted by Gasteiger charge is 2.57. The maximum absolute atomic E-state index is 12.8. The molecule has 98 valence electrons. The minimum absolute atomic E-state index is 0.0579. The molecule has 2 atom stereocenters. The van der Waals surface area contributed by atoms with E-state index in [2.05, 4.69) is 0 Å². The van der Waals surface area contributed by atoms with Gasteiger partial charge in [0.25, 0.3) is 0 Å². The Kier molecular flexibility index (Phi) is 3.19. The molecule has 1 aliphatic rings. The Hall–Kier alpha value is -1.36. The Balaban J connectivity index is 2.28. The van der Waals surface area contributed by atoms with Crippen LogP contribution < -0.4 is 0 Å². The monoisotopic (exact) mass is 258 g/mol. The molecule has 0 spiro atoms. The summed E-state index contributed by atoms with van der Waals surface area (Å²) in [7, 11) is 0. The van der Waals surface area contributed by atoms with Crippen LogP contribution in [0.15, 0.2) is 30.3 Å². The minimum atomic E-state index is -4.77. The van der Waals surface area contributed by atoms with Gasteiger partial charge in [0, 0.05) is 12.8 Å². The van der Waals surface area contributed by atoms with Crippen molar-refractivity contribution in [3.05, 3.63) is 35.9 Å².